The molecule has 7 rings (SSSR count). The summed E-state index contributed by atoms with van der Waals surface area (Å²) in [6, 6.07) is 20.2. The Bertz CT molecular complexity index is 1570. The van der Waals surface area contributed by atoms with Crippen molar-refractivity contribution in [1.82, 2.24) is 5.01 Å². The molecule has 2 bridgehead atoms. The number of nitrogens with zero attached hydrogens (tertiary/aromatic N) is 3. The second kappa shape index (κ2) is 7.85. The number of carbonyl (C=O) groups is 2. The molecule has 1 unspecified atom stereocenters. The Morgan fingerprint density at radius 3 is 2.50 bits per heavy atom. The van der Waals surface area contributed by atoms with Gasteiger partial charge in [-0.2, -0.15) is 10.3 Å². The molecule has 0 spiro atoms. The number of nitrogens with one attached hydrogen (secondary N) is 1. The summed E-state index contributed by atoms with van der Waals surface area (Å²) < 4.78 is 6.45. The van der Waals surface area contributed by atoms with Gasteiger partial charge in [0, 0.05) is 29.3 Å². The Labute approximate surface area is 218 Å². The number of fused-ring (bicyclic) bond motifs is 7. The molecular weight excluding hydrogens is 484 g/mol. The zero-order valence-corrected chi connectivity index (χ0v) is 20.7. The van der Waals surface area contributed by atoms with Gasteiger partial charge in [-0.05, 0) is 31.5 Å². The van der Waals surface area contributed by atoms with Crippen LogP contribution >= 0.6 is 0 Å². The number of hydrogen-bond donors (Lipinski definition) is 3. The van der Waals surface area contributed by atoms with Gasteiger partial charge < -0.3 is 20.4 Å². The average Bonchev–Trinajstić information content (AvgIpc) is 3.57. The van der Waals surface area contributed by atoms with E-state index in [1.54, 1.807) is 36.2 Å². The highest BCUT2D eigenvalue weighted by Crippen LogP contribution is 2.62. The Balaban J connectivity index is 1.24. The number of amides is 2. The summed E-state index contributed by atoms with van der Waals surface area (Å²) in [7, 11) is 0. The van der Waals surface area contributed by atoms with Crippen molar-refractivity contribution in [2.75, 3.05) is 16.9 Å². The predicted octanol–water partition coefficient (Wildman–Crippen LogP) is 2.83. The fourth-order valence-corrected chi connectivity index (χ4v) is 7.13. The van der Waals surface area contributed by atoms with E-state index in [4.69, 9.17) is 4.74 Å². The molecule has 2 amide bonds. The number of para-hydroxylation sites is 1. The molecule has 0 radical (unpaired) electrons. The molecule has 6 atom stereocenters. The molecule has 38 heavy (non-hydrogen) atoms. The minimum atomic E-state index is -1.20. The van der Waals surface area contributed by atoms with Crippen LogP contribution in [0.1, 0.15) is 37.1 Å². The Hall–Kier alpha value is -3.81. The maximum atomic E-state index is 14.1. The lowest BCUT2D eigenvalue weighted by Crippen LogP contribution is -2.50. The molecule has 3 aromatic carbocycles. The normalized spacial score (nSPS) is 33.5. The number of benzene rings is 3. The maximum Gasteiger partial charge on any atom is 0.240 e. The number of hydrogen-bond acceptors (Lipinski definition) is 8. The first-order valence-corrected chi connectivity index (χ1v) is 12.8. The van der Waals surface area contributed by atoms with Gasteiger partial charge in [-0.1, -0.05) is 42.5 Å². The van der Waals surface area contributed by atoms with Crippen molar-refractivity contribution >= 4 is 34.0 Å². The van der Waals surface area contributed by atoms with E-state index in [0.717, 1.165) is 11.3 Å². The molecule has 192 valence electrons. The average molecular weight is 511 g/mol. The van der Waals surface area contributed by atoms with Crippen LogP contribution in [-0.2, 0) is 14.3 Å². The number of imide groups is 1. The quantitative estimate of drug-likeness (QED) is 0.458. The van der Waals surface area contributed by atoms with Crippen molar-refractivity contribution in [2.24, 2.45) is 11.8 Å². The summed E-state index contributed by atoms with van der Waals surface area (Å²) in [6.45, 7) is 2.05. The van der Waals surface area contributed by atoms with Crippen LogP contribution < -0.4 is 10.3 Å². The number of carbonyl (C=O) groups excluding carboxylic acids is 2. The second-order valence-corrected chi connectivity index (χ2v) is 10.8. The van der Waals surface area contributed by atoms with Crippen LogP contribution in [0, 0.1) is 23.2 Å². The summed E-state index contributed by atoms with van der Waals surface area (Å²) >= 11 is 0. The van der Waals surface area contributed by atoms with E-state index in [9.17, 15) is 25.1 Å². The number of ether oxygens (including phenoxy) is 1. The molecule has 4 heterocycles. The highest BCUT2D eigenvalue weighted by molar-refractivity contribution is 6.26. The van der Waals surface area contributed by atoms with Gasteiger partial charge in [0.25, 0.3) is 0 Å². The van der Waals surface area contributed by atoms with E-state index in [0.29, 0.717) is 35.0 Å². The molecule has 4 aliphatic rings. The molecule has 3 fully saturated rings. The first-order chi connectivity index (χ1) is 18.3. The highest BCUT2D eigenvalue weighted by atomic mass is 16.6. The number of aliphatic hydroxyl groups is 2. The topological polar surface area (TPSA) is 126 Å². The zero-order valence-electron chi connectivity index (χ0n) is 20.7. The molecule has 3 saturated heterocycles. The molecule has 0 aliphatic carbocycles. The molecule has 3 aromatic rings. The first-order valence-electron chi connectivity index (χ1n) is 12.8. The number of nitriles is 1. The van der Waals surface area contributed by atoms with E-state index in [1.807, 2.05) is 36.4 Å². The fourth-order valence-electron chi connectivity index (χ4n) is 7.13. The lowest BCUT2D eigenvalue weighted by molar-refractivity contribution is -0.134. The van der Waals surface area contributed by atoms with Crippen LogP contribution in [0.4, 0.5) is 11.4 Å². The van der Waals surface area contributed by atoms with Crippen LogP contribution in [0.15, 0.2) is 60.7 Å². The third kappa shape index (κ3) is 2.88. The summed E-state index contributed by atoms with van der Waals surface area (Å²) in [5, 5.41) is 34.4. The molecule has 4 aliphatic heterocycles. The minimum absolute atomic E-state index is 0.225. The molecular formula is C29H26N4O5. The van der Waals surface area contributed by atoms with E-state index < -0.39 is 41.3 Å². The zero-order chi connectivity index (χ0) is 26.4. The Morgan fingerprint density at radius 1 is 1.03 bits per heavy atom. The summed E-state index contributed by atoms with van der Waals surface area (Å²) in [4.78, 5) is 29.2. The number of hydrazine groups is 1. The van der Waals surface area contributed by atoms with E-state index >= 15 is 0 Å². The fraction of sp³-hybridized carbons (Fsp3) is 0.345. The number of rotatable bonds is 4. The summed E-state index contributed by atoms with van der Waals surface area (Å²) in [5.41, 5.74) is 3.42. The van der Waals surface area contributed by atoms with Crippen LogP contribution in [0.5, 0.6) is 0 Å². The molecule has 9 heteroatoms. The molecule has 3 N–H and O–H groups in total. The van der Waals surface area contributed by atoms with Gasteiger partial charge in [0.05, 0.1) is 46.5 Å². The molecule has 9 nitrogen and oxygen atoms in total. The van der Waals surface area contributed by atoms with Gasteiger partial charge in [-0.15, -0.1) is 0 Å². The standard InChI is InChI=1S/C29H26N4O5/c1-28-22(34)14-29(38-28,12-13-32-25(35)19-8-4-5-9-20(19)31-32)24-23(28)26(36)33(27(24)37)21-11-10-16(15-30)17-6-2-3-7-18(17)21/h2-11,22-25,31,34-35H,12-14H2,1H3/t22-,23-,24+,25?,28-,29+/m0/s1. The predicted molar refractivity (Wildman–Crippen MR) is 137 cm³/mol. The summed E-state index contributed by atoms with van der Waals surface area (Å²) in [5.74, 6) is -2.35. The van der Waals surface area contributed by atoms with Crippen LogP contribution in [0.2, 0.25) is 0 Å². The van der Waals surface area contributed by atoms with Crippen LogP contribution in [0.3, 0.4) is 0 Å². The van der Waals surface area contributed by atoms with Crippen LogP contribution in [0.25, 0.3) is 10.8 Å². The highest BCUT2D eigenvalue weighted by Gasteiger charge is 2.77. The van der Waals surface area contributed by atoms with Gasteiger partial charge in [-0.25, -0.2) is 4.90 Å². The van der Waals surface area contributed by atoms with Gasteiger partial charge in [0.15, 0.2) is 6.23 Å². The largest absolute Gasteiger partial charge is 0.390 e. The second-order valence-electron chi connectivity index (χ2n) is 10.8. The van der Waals surface area contributed by atoms with E-state index in [2.05, 4.69) is 11.5 Å². The third-order valence-electron chi connectivity index (χ3n) is 8.95. The van der Waals surface area contributed by atoms with Gasteiger partial charge in [0.2, 0.25) is 11.8 Å². The number of anilines is 2. The SMILES string of the molecule is C[C@]12O[C@](CCN3Nc4ccccc4C3O)(C[C@@H]1O)[C@H]1C(=O)N(c3ccc(C#N)c4ccccc34)C(=O)[C@H]12. The van der Waals surface area contributed by atoms with Gasteiger partial charge in [0.1, 0.15) is 5.60 Å². The van der Waals surface area contributed by atoms with Gasteiger partial charge >= 0.3 is 0 Å². The van der Waals surface area contributed by atoms with E-state index in [-0.39, 0.29) is 12.3 Å². The molecule has 0 aromatic heterocycles. The lowest BCUT2D eigenvalue weighted by atomic mass is 9.66. The molecule has 0 saturated carbocycles. The van der Waals surface area contributed by atoms with Crippen molar-refractivity contribution < 1.29 is 24.5 Å². The number of aliphatic hydroxyl groups excluding tert-OH is 2. The van der Waals surface area contributed by atoms with Gasteiger partial charge in [-0.3, -0.25) is 9.59 Å². The third-order valence-corrected chi connectivity index (χ3v) is 8.95. The Kier molecular flexibility index (Phi) is 4.82. The summed E-state index contributed by atoms with van der Waals surface area (Å²) in [6.07, 6.45) is -1.21. The maximum absolute atomic E-state index is 14.1. The Morgan fingerprint density at radius 2 is 1.74 bits per heavy atom. The monoisotopic (exact) mass is 510 g/mol. The minimum Gasteiger partial charge on any atom is -0.390 e. The lowest BCUT2D eigenvalue weighted by Gasteiger charge is -2.34. The van der Waals surface area contributed by atoms with E-state index in [1.165, 1.54) is 4.90 Å². The smallest absolute Gasteiger partial charge is 0.240 e. The van der Waals surface area contributed by atoms with Crippen molar-refractivity contribution in [1.29, 1.82) is 5.26 Å². The van der Waals surface area contributed by atoms with Crippen LogP contribution in [-0.4, -0.2) is 50.9 Å². The first kappa shape index (κ1) is 23.3. The van der Waals surface area contributed by atoms with Crippen molar-refractivity contribution in [3.8, 4) is 6.07 Å². The van der Waals surface area contributed by atoms with Crippen molar-refractivity contribution in [2.45, 2.75) is 43.3 Å². The van der Waals surface area contributed by atoms with Crippen molar-refractivity contribution in [3.05, 3.63) is 71.8 Å². The van der Waals surface area contributed by atoms with Crippen molar-refractivity contribution in [3.63, 3.8) is 0 Å².